The number of nitrogens with one attached hydrogen (secondary N) is 2. The highest BCUT2D eigenvalue weighted by molar-refractivity contribution is 6.00. The van der Waals surface area contributed by atoms with Crippen molar-refractivity contribution in [2.45, 2.75) is 44.7 Å². The molecule has 0 bridgehead atoms. The van der Waals surface area contributed by atoms with Gasteiger partial charge < -0.3 is 25.5 Å². The number of likely N-dealkylation sites (N-methyl/N-ethyl adjacent to an activating group) is 1. The molecule has 0 radical (unpaired) electrons. The molecule has 0 spiro atoms. The van der Waals surface area contributed by atoms with E-state index in [0.717, 1.165) is 64.9 Å². The summed E-state index contributed by atoms with van der Waals surface area (Å²) < 4.78 is 16.2. The van der Waals surface area contributed by atoms with Crippen LogP contribution in [0.25, 0.3) is 33.2 Å². The Labute approximate surface area is 238 Å². The lowest BCUT2D eigenvalue weighted by Gasteiger charge is -2.41. The van der Waals surface area contributed by atoms with Gasteiger partial charge in [0.2, 0.25) is 5.95 Å². The zero-order valence-electron chi connectivity index (χ0n) is 23.6. The standard InChI is InChI=1S/C31H36FN9/c1-19-15-21(32)16-26-28(19)38-31(37-26)36-22-5-3-20(4-6-22)25-17-41(30-27(25)29(33)34-18-35-30)24-9-7-23(8-10-24)40-13-11-39(2)12-14-40/h3-6,15-18,23-24H,7-14H2,1-2H3,(H2,33,34,35)(H2,36,37,38)/t23-,24-. The molecule has 4 heterocycles. The van der Waals surface area contributed by atoms with E-state index in [0.29, 0.717) is 29.4 Å². The third kappa shape index (κ3) is 4.91. The number of aryl methyl sites for hydroxylation is 1. The maximum atomic E-state index is 13.8. The Hall–Kier alpha value is -4.02. The maximum absolute atomic E-state index is 13.8. The third-order valence-electron chi connectivity index (χ3n) is 8.95. The predicted octanol–water partition coefficient (Wildman–Crippen LogP) is 5.48. The topological polar surface area (TPSA) is 104 Å². The highest BCUT2D eigenvalue weighted by atomic mass is 19.1. The van der Waals surface area contributed by atoms with Crippen LogP contribution in [0.4, 0.5) is 21.8 Å². The number of rotatable bonds is 5. The minimum Gasteiger partial charge on any atom is -0.383 e. The molecule has 212 valence electrons. The van der Waals surface area contributed by atoms with E-state index in [4.69, 9.17) is 10.7 Å². The van der Waals surface area contributed by atoms with Crippen molar-refractivity contribution in [3.8, 4) is 11.1 Å². The van der Waals surface area contributed by atoms with Crippen LogP contribution in [0.5, 0.6) is 0 Å². The summed E-state index contributed by atoms with van der Waals surface area (Å²) in [5.41, 5.74) is 12.5. The van der Waals surface area contributed by atoms with E-state index in [1.54, 1.807) is 6.33 Å². The summed E-state index contributed by atoms with van der Waals surface area (Å²) in [5.74, 6) is 0.796. The lowest BCUT2D eigenvalue weighted by Crippen LogP contribution is -2.49. The highest BCUT2D eigenvalue weighted by Crippen LogP contribution is 2.39. The van der Waals surface area contributed by atoms with E-state index in [1.807, 2.05) is 19.1 Å². The molecule has 4 N–H and O–H groups in total. The van der Waals surface area contributed by atoms with Gasteiger partial charge in [0.05, 0.1) is 16.4 Å². The van der Waals surface area contributed by atoms with Crippen LogP contribution in [-0.2, 0) is 0 Å². The van der Waals surface area contributed by atoms with Crippen LogP contribution in [0.2, 0.25) is 0 Å². The summed E-state index contributed by atoms with van der Waals surface area (Å²) in [5, 5.41) is 4.21. The fourth-order valence-electron chi connectivity index (χ4n) is 6.67. The number of fused-ring (bicyclic) bond motifs is 2. The van der Waals surface area contributed by atoms with Gasteiger partial charge in [-0.15, -0.1) is 0 Å². The Morgan fingerprint density at radius 3 is 2.46 bits per heavy atom. The second kappa shape index (κ2) is 10.4. The van der Waals surface area contributed by atoms with E-state index in [-0.39, 0.29) is 5.82 Å². The van der Waals surface area contributed by atoms with Gasteiger partial charge in [0.25, 0.3) is 0 Å². The van der Waals surface area contributed by atoms with Gasteiger partial charge in [-0.2, -0.15) is 0 Å². The molecular weight excluding hydrogens is 517 g/mol. The number of piperazine rings is 1. The first kappa shape index (κ1) is 25.9. The number of benzene rings is 2. The van der Waals surface area contributed by atoms with E-state index in [9.17, 15) is 4.39 Å². The molecule has 1 aliphatic carbocycles. The van der Waals surface area contributed by atoms with E-state index >= 15 is 0 Å². The molecule has 9 nitrogen and oxygen atoms in total. The molecule has 2 fully saturated rings. The molecule has 41 heavy (non-hydrogen) atoms. The Balaban J connectivity index is 1.12. The van der Waals surface area contributed by atoms with Gasteiger partial charge in [0.15, 0.2) is 0 Å². The molecule has 2 aromatic carbocycles. The quantitative estimate of drug-likeness (QED) is 0.265. The molecular formula is C31H36FN9. The van der Waals surface area contributed by atoms with Crippen molar-refractivity contribution in [1.29, 1.82) is 0 Å². The summed E-state index contributed by atoms with van der Waals surface area (Å²) in [7, 11) is 2.21. The number of nitrogen functional groups attached to an aromatic ring is 1. The molecule has 7 rings (SSSR count). The van der Waals surface area contributed by atoms with Gasteiger partial charge in [-0.05, 0) is 75.0 Å². The number of hydrogen-bond acceptors (Lipinski definition) is 7. The van der Waals surface area contributed by atoms with Crippen LogP contribution < -0.4 is 11.1 Å². The lowest BCUT2D eigenvalue weighted by atomic mass is 9.89. The second-order valence-corrected chi connectivity index (χ2v) is 11.6. The Kier molecular flexibility index (Phi) is 6.59. The van der Waals surface area contributed by atoms with Crippen LogP contribution in [0.3, 0.4) is 0 Å². The number of halogens is 1. The average Bonchev–Trinajstić information content (AvgIpc) is 3.56. The van der Waals surface area contributed by atoms with Gasteiger partial charge in [0, 0.05) is 55.7 Å². The zero-order chi connectivity index (χ0) is 28.1. The third-order valence-corrected chi connectivity index (χ3v) is 8.95. The number of nitrogens with two attached hydrogens (primary N) is 1. The molecule has 5 aromatic rings. The number of nitrogens with zero attached hydrogens (tertiary/aromatic N) is 6. The van der Waals surface area contributed by atoms with Crippen LogP contribution in [-0.4, -0.2) is 73.6 Å². The minimum atomic E-state index is -0.278. The predicted molar refractivity (Wildman–Crippen MR) is 162 cm³/mol. The van der Waals surface area contributed by atoms with Crippen LogP contribution >= 0.6 is 0 Å². The molecule has 3 aromatic heterocycles. The van der Waals surface area contributed by atoms with Crippen molar-refractivity contribution in [2.24, 2.45) is 0 Å². The Morgan fingerprint density at radius 1 is 0.976 bits per heavy atom. The number of aromatic nitrogens is 5. The molecule has 0 atom stereocenters. The van der Waals surface area contributed by atoms with Crippen molar-refractivity contribution in [2.75, 3.05) is 44.3 Å². The fraction of sp³-hybridized carbons (Fsp3) is 0.387. The first-order chi connectivity index (χ1) is 19.9. The Morgan fingerprint density at radius 2 is 1.71 bits per heavy atom. The average molecular weight is 554 g/mol. The summed E-state index contributed by atoms with van der Waals surface area (Å²) in [6, 6.07) is 12.2. The summed E-state index contributed by atoms with van der Waals surface area (Å²) in [6.07, 6.45) is 8.47. The molecule has 1 aliphatic heterocycles. The van der Waals surface area contributed by atoms with Gasteiger partial charge in [0.1, 0.15) is 23.6 Å². The van der Waals surface area contributed by atoms with E-state index in [1.165, 1.54) is 38.1 Å². The zero-order valence-corrected chi connectivity index (χ0v) is 23.6. The van der Waals surface area contributed by atoms with E-state index < -0.39 is 0 Å². The monoisotopic (exact) mass is 553 g/mol. The highest BCUT2D eigenvalue weighted by Gasteiger charge is 2.30. The SMILES string of the molecule is Cc1cc(F)cc2[nH]c(Nc3ccc(-c4cn([C@H]5CC[C@H](N6CCN(C)CC6)CC5)c5ncnc(N)c45)cc3)nc12. The van der Waals surface area contributed by atoms with Crippen molar-refractivity contribution in [1.82, 2.24) is 34.3 Å². The molecule has 1 saturated heterocycles. The molecule has 2 aliphatic rings. The van der Waals surface area contributed by atoms with Gasteiger partial charge in [-0.1, -0.05) is 12.1 Å². The van der Waals surface area contributed by atoms with Crippen LogP contribution in [0.15, 0.2) is 48.9 Å². The second-order valence-electron chi connectivity index (χ2n) is 11.6. The number of aromatic amines is 1. The first-order valence-corrected chi connectivity index (χ1v) is 14.5. The van der Waals surface area contributed by atoms with Crippen molar-refractivity contribution in [3.05, 3.63) is 60.3 Å². The van der Waals surface area contributed by atoms with Crippen molar-refractivity contribution in [3.63, 3.8) is 0 Å². The largest absolute Gasteiger partial charge is 0.383 e. The summed E-state index contributed by atoms with van der Waals surface area (Å²) in [6.45, 7) is 6.52. The van der Waals surface area contributed by atoms with Crippen molar-refractivity contribution >= 4 is 39.5 Å². The van der Waals surface area contributed by atoms with Gasteiger partial charge >= 0.3 is 0 Å². The smallest absolute Gasteiger partial charge is 0.205 e. The lowest BCUT2D eigenvalue weighted by molar-refractivity contribution is 0.0828. The van der Waals surface area contributed by atoms with Gasteiger partial charge in [-0.25, -0.2) is 19.3 Å². The van der Waals surface area contributed by atoms with Gasteiger partial charge in [-0.3, -0.25) is 4.90 Å². The molecule has 10 heteroatoms. The van der Waals surface area contributed by atoms with E-state index in [2.05, 4.69) is 60.0 Å². The normalized spacial score (nSPS) is 20.7. The first-order valence-electron chi connectivity index (χ1n) is 14.5. The molecule has 0 amide bonds. The minimum absolute atomic E-state index is 0.278. The van der Waals surface area contributed by atoms with Crippen LogP contribution in [0.1, 0.15) is 37.3 Å². The van der Waals surface area contributed by atoms with Crippen molar-refractivity contribution < 1.29 is 4.39 Å². The number of anilines is 3. The molecule has 1 saturated carbocycles. The maximum Gasteiger partial charge on any atom is 0.205 e. The summed E-state index contributed by atoms with van der Waals surface area (Å²) in [4.78, 5) is 21.9. The summed E-state index contributed by atoms with van der Waals surface area (Å²) >= 11 is 0. The number of H-pyrrole nitrogens is 1. The fourth-order valence-corrected chi connectivity index (χ4v) is 6.67. The number of hydrogen-bond donors (Lipinski definition) is 3. The van der Waals surface area contributed by atoms with Crippen LogP contribution in [0, 0.1) is 12.7 Å². The number of imidazole rings is 1. The Bertz CT molecular complexity index is 1690. The molecule has 0 unspecified atom stereocenters.